The average Bonchev–Trinajstić information content (AvgIpc) is 2.43. The number of hydrogen-bond acceptors (Lipinski definition) is 5. The third-order valence-corrected chi connectivity index (χ3v) is 2.60. The second kappa shape index (κ2) is 5.57. The van der Waals surface area contributed by atoms with Crippen molar-refractivity contribution in [3.63, 3.8) is 0 Å². The van der Waals surface area contributed by atoms with Gasteiger partial charge < -0.3 is 25.0 Å². The molecule has 0 spiro atoms. The first kappa shape index (κ1) is 13.2. The highest BCUT2D eigenvalue weighted by Crippen LogP contribution is 2.33. The Morgan fingerprint density at radius 2 is 2.05 bits per heavy atom. The number of hydrogen-bond donors (Lipinski definition) is 3. The maximum absolute atomic E-state index is 12.0. The number of para-hydroxylation sites is 1. The van der Waals surface area contributed by atoms with E-state index in [0.717, 1.165) is 0 Å². The lowest BCUT2D eigenvalue weighted by molar-refractivity contribution is -0.140. The molecule has 0 fully saturated rings. The Bertz CT molecular complexity index is 501. The molecular weight excluding hydrogens is 254 g/mol. The molecule has 1 aliphatic heterocycles. The topological polar surface area (TPSA) is 105 Å². The molecule has 0 aliphatic carbocycles. The highest BCUT2D eigenvalue weighted by atomic mass is 16.6. The van der Waals surface area contributed by atoms with Crippen LogP contribution in [-0.2, 0) is 4.79 Å². The van der Waals surface area contributed by atoms with Gasteiger partial charge in [0.1, 0.15) is 13.2 Å². The predicted molar refractivity (Wildman–Crippen MR) is 63.4 cm³/mol. The summed E-state index contributed by atoms with van der Waals surface area (Å²) < 4.78 is 10.7. The van der Waals surface area contributed by atoms with Gasteiger partial charge in [-0.05, 0) is 12.1 Å². The van der Waals surface area contributed by atoms with Gasteiger partial charge in [-0.2, -0.15) is 0 Å². The smallest absolute Gasteiger partial charge is 0.328 e. The number of benzene rings is 1. The molecular formula is C12H13NO6. The molecule has 0 aromatic heterocycles. The first-order chi connectivity index (χ1) is 9.13. The zero-order chi connectivity index (χ0) is 13.8. The lowest BCUT2D eigenvalue weighted by atomic mass is 10.1. The number of nitrogens with one attached hydrogen (secondary N) is 1. The highest BCUT2D eigenvalue weighted by molar-refractivity contribution is 5.99. The van der Waals surface area contributed by atoms with Crippen LogP contribution in [0, 0.1) is 0 Å². The van der Waals surface area contributed by atoms with E-state index in [-0.39, 0.29) is 11.3 Å². The Morgan fingerprint density at radius 3 is 2.74 bits per heavy atom. The number of carbonyl (C=O) groups is 2. The molecule has 19 heavy (non-hydrogen) atoms. The van der Waals surface area contributed by atoms with Crippen molar-refractivity contribution in [3.8, 4) is 11.5 Å². The Hall–Kier alpha value is -2.28. The van der Waals surface area contributed by atoms with Gasteiger partial charge in [-0.25, -0.2) is 4.79 Å². The van der Waals surface area contributed by atoms with E-state index in [4.69, 9.17) is 19.7 Å². The molecule has 1 atom stereocenters. The van der Waals surface area contributed by atoms with E-state index < -0.39 is 24.5 Å². The van der Waals surface area contributed by atoms with E-state index in [1.54, 1.807) is 12.1 Å². The monoisotopic (exact) mass is 267 g/mol. The van der Waals surface area contributed by atoms with Gasteiger partial charge in [-0.3, -0.25) is 4.79 Å². The van der Waals surface area contributed by atoms with E-state index in [0.29, 0.717) is 19.0 Å². The van der Waals surface area contributed by atoms with Gasteiger partial charge in [0, 0.05) is 0 Å². The third kappa shape index (κ3) is 2.76. The molecule has 0 bridgehead atoms. The Kier molecular flexibility index (Phi) is 3.86. The summed E-state index contributed by atoms with van der Waals surface area (Å²) in [7, 11) is 0. The van der Waals surface area contributed by atoms with Crippen molar-refractivity contribution in [2.75, 3.05) is 19.8 Å². The minimum Gasteiger partial charge on any atom is -0.486 e. The molecule has 102 valence electrons. The molecule has 1 aromatic carbocycles. The van der Waals surface area contributed by atoms with Gasteiger partial charge in [0.2, 0.25) is 0 Å². The van der Waals surface area contributed by atoms with Crippen LogP contribution in [0.1, 0.15) is 10.4 Å². The van der Waals surface area contributed by atoms with E-state index >= 15 is 0 Å². The van der Waals surface area contributed by atoms with Crippen LogP contribution < -0.4 is 14.8 Å². The first-order valence-electron chi connectivity index (χ1n) is 5.66. The fourth-order valence-electron chi connectivity index (χ4n) is 1.67. The quantitative estimate of drug-likeness (QED) is 0.687. The molecule has 1 amide bonds. The van der Waals surface area contributed by atoms with Crippen molar-refractivity contribution in [2.24, 2.45) is 0 Å². The van der Waals surface area contributed by atoms with E-state index in [9.17, 15) is 9.59 Å². The molecule has 0 radical (unpaired) electrons. The molecule has 1 aromatic rings. The molecule has 0 saturated carbocycles. The van der Waals surface area contributed by atoms with E-state index in [1.807, 2.05) is 0 Å². The fourth-order valence-corrected chi connectivity index (χ4v) is 1.67. The molecule has 7 nitrogen and oxygen atoms in total. The van der Waals surface area contributed by atoms with Crippen LogP contribution in [0.4, 0.5) is 0 Å². The minimum absolute atomic E-state index is 0.178. The molecule has 1 heterocycles. The maximum Gasteiger partial charge on any atom is 0.328 e. The van der Waals surface area contributed by atoms with Crippen molar-refractivity contribution >= 4 is 11.9 Å². The number of carboxylic acids is 1. The molecule has 2 rings (SSSR count). The molecule has 7 heteroatoms. The van der Waals surface area contributed by atoms with Crippen molar-refractivity contribution in [1.82, 2.24) is 5.32 Å². The van der Waals surface area contributed by atoms with Crippen LogP contribution in [0.15, 0.2) is 18.2 Å². The summed E-state index contributed by atoms with van der Waals surface area (Å²) in [5.41, 5.74) is 0.178. The molecule has 0 unspecified atom stereocenters. The zero-order valence-electron chi connectivity index (χ0n) is 9.96. The van der Waals surface area contributed by atoms with Crippen LogP contribution >= 0.6 is 0 Å². The Labute approximate surface area is 108 Å². The van der Waals surface area contributed by atoms with Gasteiger partial charge in [-0.15, -0.1) is 0 Å². The van der Waals surface area contributed by atoms with Crippen LogP contribution in [0.3, 0.4) is 0 Å². The summed E-state index contributed by atoms with van der Waals surface area (Å²) >= 11 is 0. The zero-order valence-corrected chi connectivity index (χ0v) is 9.96. The van der Waals surface area contributed by atoms with Crippen molar-refractivity contribution < 1.29 is 29.3 Å². The number of fused-ring (bicyclic) bond motifs is 1. The minimum atomic E-state index is -1.35. The van der Waals surface area contributed by atoms with Gasteiger partial charge >= 0.3 is 5.97 Å². The Balaban J connectivity index is 2.22. The van der Waals surface area contributed by atoms with Gasteiger partial charge in [0.15, 0.2) is 17.5 Å². The molecule has 0 saturated heterocycles. The number of aliphatic carboxylic acids is 1. The van der Waals surface area contributed by atoms with Crippen molar-refractivity contribution in [1.29, 1.82) is 0 Å². The number of carbonyl (C=O) groups excluding carboxylic acids is 1. The number of rotatable bonds is 4. The number of aliphatic hydroxyl groups is 1. The maximum atomic E-state index is 12.0. The largest absolute Gasteiger partial charge is 0.486 e. The number of carboxylic acid groups (broad SMARTS) is 1. The lowest BCUT2D eigenvalue weighted by Crippen LogP contribution is -2.43. The van der Waals surface area contributed by atoms with Crippen LogP contribution in [0.2, 0.25) is 0 Å². The van der Waals surface area contributed by atoms with E-state index in [1.165, 1.54) is 6.07 Å². The van der Waals surface area contributed by atoms with Gasteiger partial charge in [0.25, 0.3) is 5.91 Å². The van der Waals surface area contributed by atoms with Crippen LogP contribution in [0.5, 0.6) is 11.5 Å². The number of ether oxygens (including phenoxy) is 2. The summed E-state index contributed by atoms with van der Waals surface area (Å²) in [5, 5.41) is 19.9. The predicted octanol–water partition coefficient (Wildman–Crippen LogP) is -0.367. The van der Waals surface area contributed by atoms with E-state index in [2.05, 4.69) is 5.32 Å². The summed E-state index contributed by atoms with van der Waals surface area (Å²) in [4.78, 5) is 22.7. The average molecular weight is 267 g/mol. The van der Waals surface area contributed by atoms with Crippen molar-refractivity contribution in [3.05, 3.63) is 23.8 Å². The standard InChI is InChI=1S/C12H13NO6/c14-6-8(12(16)17)13-11(15)7-2-1-3-9-10(7)19-5-4-18-9/h1-3,8,14H,4-6H2,(H,13,15)(H,16,17)/t8-/m1/s1. The van der Waals surface area contributed by atoms with Gasteiger partial charge in [0.05, 0.1) is 12.2 Å². The lowest BCUT2D eigenvalue weighted by Gasteiger charge is -2.21. The number of aliphatic hydroxyl groups excluding tert-OH is 1. The SMILES string of the molecule is O=C(N[C@H](CO)C(=O)O)c1cccc2c1OCCO2. The van der Waals surface area contributed by atoms with Crippen LogP contribution in [-0.4, -0.2) is 48.0 Å². The Morgan fingerprint density at radius 1 is 1.32 bits per heavy atom. The molecule has 1 aliphatic rings. The summed E-state index contributed by atoms with van der Waals surface area (Å²) in [6, 6.07) is 3.41. The number of amides is 1. The first-order valence-corrected chi connectivity index (χ1v) is 5.66. The second-order valence-electron chi connectivity index (χ2n) is 3.88. The molecule has 3 N–H and O–H groups in total. The fraction of sp³-hybridized carbons (Fsp3) is 0.333. The van der Waals surface area contributed by atoms with Crippen LogP contribution in [0.25, 0.3) is 0 Å². The normalized spacial score (nSPS) is 14.6. The summed E-state index contributed by atoms with van der Waals surface area (Å²) in [5.74, 6) is -1.22. The van der Waals surface area contributed by atoms with Crippen molar-refractivity contribution in [2.45, 2.75) is 6.04 Å². The summed E-state index contributed by atoms with van der Waals surface area (Å²) in [6.07, 6.45) is 0. The highest BCUT2D eigenvalue weighted by Gasteiger charge is 2.24. The summed E-state index contributed by atoms with van der Waals surface area (Å²) in [6.45, 7) is 0.0274. The third-order valence-electron chi connectivity index (χ3n) is 2.60. The van der Waals surface area contributed by atoms with Gasteiger partial charge in [-0.1, -0.05) is 6.07 Å². The second-order valence-corrected chi connectivity index (χ2v) is 3.88.